The molecule has 0 radical (unpaired) electrons. The van der Waals surface area contributed by atoms with Crippen molar-refractivity contribution in [3.8, 4) is 0 Å². The molecule has 1 aromatic heterocycles. The third kappa shape index (κ3) is 4.20. The highest BCUT2D eigenvalue weighted by atomic mass is 35.5. The van der Waals surface area contributed by atoms with Crippen molar-refractivity contribution in [2.45, 2.75) is 25.3 Å². The fourth-order valence-electron chi connectivity index (χ4n) is 2.73. The van der Waals surface area contributed by atoms with Gasteiger partial charge in [0.25, 0.3) is 0 Å². The minimum Gasteiger partial charge on any atom is -0.371 e. The zero-order chi connectivity index (χ0) is 18.0. The van der Waals surface area contributed by atoms with Gasteiger partial charge in [-0.3, -0.25) is 4.68 Å². The topological polar surface area (TPSA) is 64.4 Å². The first-order valence-corrected chi connectivity index (χ1v) is 9.93. The van der Waals surface area contributed by atoms with Crippen LogP contribution in [-0.2, 0) is 27.1 Å². The minimum absolute atomic E-state index is 0.0838. The molecule has 1 unspecified atom stereocenters. The fraction of sp³-hybridized carbons (Fsp3) is 0.438. The van der Waals surface area contributed by atoms with Gasteiger partial charge < -0.3 is 4.74 Å². The normalized spacial score (nSPS) is 19.2. The van der Waals surface area contributed by atoms with E-state index < -0.39 is 15.8 Å². The van der Waals surface area contributed by atoms with Gasteiger partial charge in [-0.1, -0.05) is 17.7 Å². The van der Waals surface area contributed by atoms with Crippen molar-refractivity contribution >= 4 is 21.6 Å². The number of hydrogen-bond acceptors (Lipinski definition) is 4. The summed E-state index contributed by atoms with van der Waals surface area (Å²) in [5.74, 6) is -0.796. The summed E-state index contributed by atoms with van der Waals surface area (Å²) in [5, 5.41) is 4.12. The molecule has 0 saturated carbocycles. The van der Waals surface area contributed by atoms with Crippen LogP contribution in [0.5, 0.6) is 0 Å². The number of halogens is 2. The lowest BCUT2D eigenvalue weighted by molar-refractivity contribution is -0.00265. The first-order valence-electron chi connectivity index (χ1n) is 7.94. The lowest BCUT2D eigenvalue weighted by Gasteiger charge is -2.31. The van der Waals surface area contributed by atoms with Gasteiger partial charge in [-0.15, -0.1) is 0 Å². The highest BCUT2D eigenvalue weighted by Crippen LogP contribution is 2.25. The number of aromatic nitrogens is 2. The lowest BCUT2D eigenvalue weighted by atomic mass is 10.2. The number of sulfonamides is 1. The number of benzene rings is 1. The van der Waals surface area contributed by atoms with Gasteiger partial charge in [-0.05, 0) is 24.6 Å². The summed E-state index contributed by atoms with van der Waals surface area (Å²) in [6, 6.07) is 3.95. The molecule has 1 fully saturated rings. The largest absolute Gasteiger partial charge is 0.371 e. The smallest absolute Gasteiger partial charge is 0.218 e. The average Bonchev–Trinajstić information content (AvgIpc) is 3.07. The monoisotopic (exact) mass is 387 g/mol. The van der Waals surface area contributed by atoms with E-state index in [0.29, 0.717) is 12.2 Å². The zero-order valence-corrected chi connectivity index (χ0v) is 15.3. The maximum atomic E-state index is 13.2. The van der Waals surface area contributed by atoms with E-state index >= 15 is 0 Å². The number of morpholine rings is 1. The van der Waals surface area contributed by atoms with Crippen molar-refractivity contribution in [1.29, 1.82) is 0 Å². The molecule has 9 heteroatoms. The zero-order valence-electron chi connectivity index (χ0n) is 13.7. The summed E-state index contributed by atoms with van der Waals surface area (Å²) in [6.07, 6.45) is 3.21. The minimum atomic E-state index is -3.56. The molecule has 136 valence electrons. The highest BCUT2D eigenvalue weighted by Gasteiger charge is 2.31. The van der Waals surface area contributed by atoms with Crippen LogP contribution < -0.4 is 0 Å². The molecule has 1 saturated heterocycles. The summed E-state index contributed by atoms with van der Waals surface area (Å²) in [6.45, 7) is 3.54. The van der Waals surface area contributed by atoms with Gasteiger partial charge in [0.2, 0.25) is 10.0 Å². The number of rotatable bonds is 5. The van der Waals surface area contributed by atoms with Gasteiger partial charge in [0.15, 0.2) is 0 Å². The summed E-state index contributed by atoms with van der Waals surface area (Å²) < 4.78 is 47.5. The maximum Gasteiger partial charge on any atom is 0.218 e. The van der Waals surface area contributed by atoms with E-state index in [1.807, 2.05) is 13.1 Å². The fourth-order valence-corrected chi connectivity index (χ4v) is 4.43. The van der Waals surface area contributed by atoms with Crippen LogP contribution in [0, 0.1) is 5.82 Å². The second-order valence-electron chi connectivity index (χ2n) is 5.85. The van der Waals surface area contributed by atoms with Gasteiger partial charge >= 0.3 is 0 Å². The van der Waals surface area contributed by atoms with E-state index in [1.54, 1.807) is 10.9 Å². The molecule has 2 aromatic rings. The second-order valence-corrected chi connectivity index (χ2v) is 8.23. The molecule has 1 aromatic carbocycles. The molecule has 1 atom stereocenters. The van der Waals surface area contributed by atoms with E-state index in [1.165, 1.54) is 22.5 Å². The predicted octanol–water partition coefficient (Wildman–Crippen LogP) is 2.60. The van der Waals surface area contributed by atoms with Crippen LogP contribution in [0.2, 0.25) is 5.02 Å². The molecule has 3 rings (SSSR count). The summed E-state index contributed by atoms with van der Waals surface area (Å²) in [7, 11) is -3.56. The number of hydrogen-bond donors (Lipinski definition) is 0. The van der Waals surface area contributed by atoms with Crippen molar-refractivity contribution in [1.82, 2.24) is 14.1 Å². The Bertz CT molecular complexity index is 856. The Hall–Kier alpha value is -1.48. The molecule has 0 aliphatic carbocycles. The van der Waals surface area contributed by atoms with Crippen LogP contribution in [0.3, 0.4) is 0 Å². The van der Waals surface area contributed by atoms with Crippen molar-refractivity contribution in [2.24, 2.45) is 0 Å². The van der Waals surface area contributed by atoms with Gasteiger partial charge in [-0.25, -0.2) is 12.8 Å². The molecular formula is C16H19ClFN3O3S. The lowest BCUT2D eigenvalue weighted by Crippen LogP contribution is -2.42. The van der Waals surface area contributed by atoms with Gasteiger partial charge in [0.1, 0.15) is 5.82 Å². The molecular weight excluding hydrogens is 369 g/mol. The summed E-state index contributed by atoms with van der Waals surface area (Å²) in [4.78, 5) is 0. The van der Waals surface area contributed by atoms with Crippen LogP contribution in [0.1, 0.15) is 24.2 Å². The molecule has 0 spiro atoms. The van der Waals surface area contributed by atoms with E-state index in [4.69, 9.17) is 16.3 Å². The molecule has 0 amide bonds. The molecule has 0 N–H and O–H groups in total. The van der Waals surface area contributed by atoms with E-state index in [2.05, 4.69) is 5.10 Å². The van der Waals surface area contributed by atoms with E-state index in [0.717, 1.165) is 12.1 Å². The Labute approximate surface area is 151 Å². The number of ether oxygens (including phenoxy) is 1. The average molecular weight is 388 g/mol. The first kappa shape index (κ1) is 18.3. The van der Waals surface area contributed by atoms with Crippen molar-refractivity contribution in [2.75, 3.05) is 19.7 Å². The van der Waals surface area contributed by atoms with Crippen LogP contribution in [0.4, 0.5) is 4.39 Å². The summed E-state index contributed by atoms with van der Waals surface area (Å²) in [5.41, 5.74) is 1.31. The van der Waals surface area contributed by atoms with Crippen LogP contribution in [0.15, 0.2) is 30.6 Å². The van der Waals surface area contributed by atoms with Crippen LogP contribution >= 0.6 is 11.6 Å². The molecule has 1 aliphatic heterocycles. The number of aryl methyl sites for hydroxylation is 1. The molecule has 25 heavy (non-hydrogen) atoms. The van der Waals surface area contributed by atoms with Crippen molar-refractivity contribution < 1.29 is 17.5 Å². The Kier molecular flexibility index (Phi) is 5.43. The quantitative estimate of drug-likeness (QED) is 0.791. The highest BCUT2D eigenvalue weighted by molar-refractivity contribution is 7.88. The van der Waals surface area contributed by atoms with Crippen LogP contribution in [0.25, 0.3) is 0 Å². The van der Waals surface area contributed by atoms with Crippen molar-refractivity contribution in [3.63, 3.8) is 0 Å². The Morgan fingerprint density at radius 2 is 2.24 bits per heavy atom. The van der Waals surface area contributed by atoms with Crippen LogP contribution in [-0.4, -0.2) is 42.2 Å². The molecule has 2 heterocycles. The Morgan fingerprint density at radius 1 is 1.44 bits per heavy atom. The third-order valence-electron chi connectivity index (χ3n) is 4.10. The Balaban J connectivity index is 1.73. The second kappa shape index (κ2) is 7.41. The standard InChI is InChI=1S/C16H19ClFN3O3S/c1-2-20-9-13(8-19-20)16-10-21(5-6-24-16)25(22,23)11-12-3-4-15(18)14(17)7-12/h3-4,7-9,16H,2,5-6,10-11H2,1H3. The molecule has 1 aliphatic rings. The first-order chi connectivity index (χ1) is 11.9. The predicted molar refractivity (Wildman–Crippen MR) is 92.2 cm³/mol. The molecule has 0 bridgehead atoms. The SMILES string of the molecule is CCn1cc(C2CN(S(=O)(=O)Cc3ccc(F)c(Cl)c3)CCO2)cn1. The van der Waals surface area contributed by atoms with E-state index in [-0.39, 0.29) is 30.0 Å². The van der Waals surface area contributed by atoms with Crippen molar-refractivity contribution in [3.05, 3.63) is 52.6 Å². The maximum absolute atomic E-state index is 13.2. The summed E-state index contributed by atoms with van der Waals surface area (Å²) >= 11 is 5.74. The number of nitrogens with zero attached hydrogens (tertiary/aromatic N) is 3. The third-order valence-corrected chi connectivity index (χ3v) is 6.21. The van der Waals surface area contributed by atoms with E-state index in [9.17, 15) is 12.8 Å². The van der Waals surface area contributed by atoms with Gasteiger partial charge in [0.05, 0.1) is 29.7 Å². The Morgan fingerprint density at radius 3 is 2.92 bits per heavy atom. The van der Waals surface area contributed by atoms with Gasteiger partial charge in [-0.2, -0.15) is 9.40 Å². The van der Waals surface area contributed by atoms with Gasteiger partial charge in [0, 0.05) is 31.4 Å². The molecule has 6 nitrogen and oxygen atoms in total.